The minimum Gasteiger partial charge on any atom is -0.493 e. The van der Waals surface area contributed by atoms with Crippen LogP contribution in [0.25, 0.3) is 10.9 Å². The molecule has 1 rings (SSSR count). The monoisotopic (exact) mass is 373 g/mol. The maximum absolute atomic E-state index is 11.7. The maximum atomic E-state index is 11.7. The normalized spacial score (nSPS) is 10.5. The van der Waals surface area contributed by atoms with Gasteiger partial charge in [-0.25, -0.2) is 9.64 Å². The van der Waals surface area contributed by atoms with E-state index in [-0.39, 0.29) is 12.3 Å². The summed E-state index contributed by atoms with van der Waals surface area (Å²) in [6.07, 6.45) is 3.92. The molecule has 7 nitrogen and oxygen atoms in total. The molecule has 0 saturated carbocycles. The standard InChI is InChI=1S/C20H23NO6/c1-5-19(22)27-12-8-7-11-26-17-10-9-15(14-18(17)24-4)13-16(21-3)20(23)25-6-2/h5,9-10,13-14H,1,6-8,11-12H2,2,4H3/b16-13-. The summed E-state index contributed by atoms with van der Waals surface area (Å²) < 4.78 is 20.7. The van der Waals surface area contributed by atoms with Gasteiger partial charge >= 0.3 is 11.9 Å². The maximum Gasteiger partial charge on any atom is 0.336 e. The first kappa shape index (κ1) is 21.8. The molecule has 0 aliphatic carbocycles. The Morgan fingerprint density at radius 1 is 1.19 bits per heavy atom. The van der Waals surface area contributed by atoms with Crippen molar-refractivity contribution in [1.29, 1.82) is 0 Å². The van der Waals surface area contributed by atoms with Crippen LogP contribution < -0.4 is 9.47 Å². The van der Waals surface area contributed by atoms with Gasteiger partial charge in [0.1, 0.15) is 0 Å². The van der Waals surface area contributed by atoms with Crippen molar-refractivity contribution < 1.29 is 28.5 Å². The number of hydrogen-bond donors (Lipinski definition) is 0. The molecule has 0 bridgehead atoms. The number of ether oxygens (including phenoxy) is 4. The predicted molar refractivity (Wildman–Crippen MR) is 100 cm³/mol. The Morgan fingerprint density at radius 2 is 1.93 bits per heavy atom. The average Bonchev–Trinajstić information content (AvgIpc) is 2.68. The minimum atomic E-state index is -0.663. The molecule has 0 unspecified atom stereocenters. The van der Waals surface area contributed by atoms with Crippen molar-refractivity contribution in [1.82, 2.24) is 0 Å². The lowest BCUT2D eigenvalue weighted by Crippen LogP contribution is -2.05. The molecule has 0 aliphatic heterocycles. The second-order valence-corrected chi connectivity index (χ2v) is 5.20. The smallest absolute Gasteiger partial charge is 0.336 e. The van der Waals surface area contributed by atoms with Gasteiger partial charge in [0.2, 0.25) is 0 Å². The summed E-state index contributed by atoms with van der Waals surface area (Å²) in [6.45, 7) is 13.0. The van der Waals surface area contributed by atoms with Crippen molar-refractivity contribution in [3.8, 4) is 11.5 Å². The van der Waals surface area contributed by atoms with Gasteiger partial charge in [0.05, 0.1) is 33.5 Å². The zero-order valence-corrected chi connectivity index (χ0v) is 15.5. The Balaban J connectivity index is 2.66. The molecule has 0 spiro atoms. The third kappa shape index (κ3) is 7.65. The summed E-state index contributed by atoms with van der Waals surface area (Å²) in [4.78, 5) is 25.8. The number of benzene rings is 1. The van der Waals surface area contributed by atoms with Crippen LogP contribution >= 0.6 is 0 Å². The largest absolute Gasteiger partial charge is 0.493 e. The van der Waals surface area contributed by atoms with Gasteiger partial charge < -0.3 is 18.9 Å². The molecule has 0 saturated heterocycles. The first-order valence-electron chi connectivity index (χ1n) is 8.42. The number of methoxy groups -OCH3 is 1. The number of carbonyl (C=O) groups is 2. The molecule has 0 N–H and O–H groups in total. The lowest BCUT2D eigenvalue weighted by atomic mass is 10.1. The molecule has 0 radical (unpaired) electrons. The summed E-state index contributed by atoms with van der Waals surface area (Å²) in [7, 11) is 1.51. The van der Waals surface area contributed by atoms with Crippen LogP contribution in [0.1, 0.15) is 25.3 Å². The van der Waals surface area contributed by atoms with E-state index in [0.29, 0.717) is 43.1 Å². The molecule has 144 valence electrons. The highest BCUT2D eigenvalue weighted by Gasteiger charge is 2.12. The van der Waals surface area contributed by atoms with Gasteiger partial charge in [-0.05, 0) is 43.5 Å². The van der Waals surface area contributed by atoms with Crippen LogP contribution in [0, 0.1) is 6.57 Å². The van der Waals surface area contributed by atoms with E-state index in [1.807, 2.05) is 0 Å². The van der Waals surface area contributed by atoms with Gasteiger partial charge in [-0.15, -0.1) is 0 Å². The van der Waals surface area contributed by atoms with Gasteiger partial charge in [-0.1, -0.05) is 12.6 Å². The van der Waals surface area contributed by atoms with E-state index in [9.17, 15) is 9.59 Å². The minimum absolute atomic E-state index is 0.110. The van der Waals surface area contributed by atoms with Crippen molar-refractivity contribution in [3.05, 3.63) is 53.5 Å². The predicted octanol–water partition coefficient (Wildman–Crippen LogP) is 3.41. The molecular weight excluding hydrogens is 350 g/mol. The van der Waals surface area contributed by atoms with Crippen molar-refractivity contribution in [3.63, 3.8) is 0 Å². The Morgan fingerprint density at radius 3 is 2.56 bits per heavy atom. The van der Waals surface area contributed by atoms with E-state index in [1.54, 1.807) is 25.1 Å². The molecule has 0 aromatic heterocycles. The first-order valence-corrected chi connectivity index (χ1v) is 8.42. The first-order chi connectivity index (χ1) is 13.0. The SMILES string of the molecule is [C-]#[N+]/C(=C\c1ccc(OCCCCOC(=O)C=C)c(OC)c1)C(=O)OCC. The molecule has 7 heteroatoms. The summed E-state index contributed by atoms with van der Waals surface area (Å²) >= 11 is 0. The molecule has 27 heavy (non-hydrogen) atoms. The van der Waals surface area contributed by atoms with Gasteiger partial charge in [-0.3, -0.25) is 4.79 Å². The summed E-state index contributed by atoms with van der Waals surface area (Å²) in [5, 5.41) is 0. The highest BCUT2D eigenvalue weighted by atomic mass is 16.5. The molecule has 0 fully saturated rings. The van der Waals surface area contributed by atoms with Crippen LogP contribution in [0.2, 0.25) is 0 Å². The second kappa shape index (κ2) is 12.1. The highest BCUT2D eigenvalue weighted by Crippen LogP contribution is 2.29. The Kier molecular flexibility index (Phi) is 9.79. The van der Waals surface area contributed by atoms with E-state index >= 15 is 0 Å². The van der Waals surface area contributed by atoms with Crippen LogP contribution in [0.4, 0.5) is 0 Å². The Labute approximate surface area is 159 Å². The number of hydrogen-bond acceptors (Lipinski definition) is 6. The van der Waals surface area contributed by atoms with Crippen molar-refractivity contribution in [2.24, 2.45) is 0 Å². The molecular formula is C20H23NO6. The molecule has 0 atom stereocenters. The molecule has 1 aromatic rings. The third-order valence-electron chi connectivity index (χ3n) is 3.30. The summed E-state index contributed by atoms with van der Waals surface area (Å²) in [5.74, 6) is -0.0833. The number of unbranched alkanes of at least 4 members (excludes halogenated alkanes) is 1. The third-order valence-corrected chi connectivity index (χ3v) is 3.30. The Bertz CT molecular complexity index is 732. The fourth-order valence-electron chi connectivity index (χ4n) is 2.01. The van der Waals surface area contributed by atoms with Gasteiger partial charge in [0.25, 0.3) is 5.70 Å². The van der Waals surface area contributed by atoms with E-state index in [0.717, 1.165) is 6.08 Å². The van der Waals surface area contributed by atoms with Crippen molar-refractivity contribution >= 4 is 18.0 Å². The van der Waals surface area contributed by atoms with Gasteiger partial charge in [0, 0.05) is 6.08 Å². The number of rotatable bonds is 11. The molecule has 0 amide bonds. The van der Waals surface area contributed by atoms with Crippen LogP contribution in [-0.2, 0) is 19.1 Å². The van der Waals surface area contributed by atoms with Gasteiger partial charge in [0.15, 0.2) is 11.5 Å². The quantitative estimate of drug-likeness (QED) is 0.256. The average molecular weight is 373 g/mol. The lowest BCUT2D eigenvalue weighted by Gasteiger charge is -2.11. The van der Waals surface area contributed by atoms with Crippen LogP contribution in [0.15, 0.2) is 36.6 Å². The molecule has 0 aliphatic rings. The fraction of sp³-hybridized carbons (Fsp3) is 0.350. The summed E-state index contributed by atoms with van der Waals surface area (Å²) in [6, 6.07) is 5.09. The fourth-order valence-corrected chi connectivity index (χ4v) is 2.01. The van der Waals surface area contributed by atoms with E-state index in [2.05, 4.69) is 11.4 Å². The zero-order chi connectivity index (χ0) is 20.1. The van der Waals surface area contributed by atoms with Crippen LogP contribution in [0.5, 0.6) is 11.5 Å². The zero-order valence-electron chi connectivity index (χ0n) is 15.5. The molecule has 0 heterocycles. The van der Waals surface area contributed by atoms with Crippen molar-refractivity contribution in [2.75, 3.05) is 26.9 Å². The number of esters is 2. The van der Waals surface area contributed by atoms with Crippen LogP contribution in [-0.4, -0.2) is 38.9 Å². The molecule has 1 aromatic carbocycles. The number of nitrogens with zero attached hydrogens (tertiary/aromatic N) is 1. The van der Waals surface area contributed by atoms with E-state index in [4.69, 9.17) is 25.5 Å². The highest BCUT2D eigenvalue weighted by molar-refractivity contribution is 5.95. The lowest BCUT2D eigenvalue weighted by molar-refractivity contribution is -0.138. The Hall–Kier alpha value is -3.27. The topological polar surface area (TPSA) is 75.4 Å². The van der Waals surface area contributed by atoms with Crippen LogP contribution in [0.3, 0.4) is 0 Å². The summed E-state index contributed by atoms with van der Waals surface area (Å²) in [5.41, 5.74) is 0.510. The van der Waals surface area contributed by atoms with Gasteiger partial charge in [-0.2, -0.15) is 0 Å². The van der Waals surface area contributed by atoms with E-state index in [1.165, 1.54) is 13.2 Å². The second-order valence-electron chi connectivity index (χ2n) is 5.20. The number of carbonyl (C=O) groups excluding carboxylic acids is 2. The van der Waals surface area contributed by atoms with E-state index < -0.39 is 11.9 Å². The van der Waals surface area contributed by atoms with Crippen molar-refractivity contribution in [2.45, 2.75) is 19.8 Å².